The van der Waals surface area contributed by atoms with Crippen LogP contribution in [0.15, 0.2) is 97.6 Å². The van der Waals surface area contributed by atoms with Crippen LogP contribution >= 0.6 is 0 Å². The maximum atomic E-state index is 4.03. The lowest BCUT2D eigenvalue weighted by Crippen LogP contribution is -1.82. The van der Waals surface area contributed by atoms with Gasteiger partial charge in [-0.15, -0.1) is 0 Å². The number of rotatable bonds is 2. The van der Waals surface area contributed by atoms with E-state index in [1.165, 1.54) is 70.5 Å². The first kappa shape index (κ1) is 20.4. The standard InChI is InChI=1S/C35H24N2/c1-3-7-21-16-28-32(18-20(21)4-2)36-30-14-12-24-25-13-15-31-35(27(25)11-10-26(24)34(28)30)29-17-22-8-5-6-9-23(22)19-33(29)37-31/h3-19,36-37H,2H2,1H3/b7-3-. The quantitative estimate of drug-likeness (QED) is 0.235. The molecule has 0 aliphatic rings. The number of fused-ring (bicyclic) bond motifs is 12. The zero-order valence-electron chi connectivity index (χ0n) is 20.5. The molecule has 0 radical (unpaired) electrons. The molecule has 174 valence electrons. The Morgan fingerprint density at radius 2 is 1.11 bits per heavy atom. The van der Waals surface area contributed by atoms with Crippen LogP contribution in [0.5, 0.6) is 0 Å². The van der Waals surface area contributed by atoms with Crippen molar-refractivity contribution in [1.82, 2.24) is 9.97 Å². The van der Waals surface area contributed by atoms with E-state index >= 15 is 0 Å². The van der Waals surface area contributed by atoms with E-state index in [0.717, 1.165) is 16.6 Å². The number of nitrogens with one attached hydrogen (secondary N) is 2. The van der Waals surface area contributed by atoms with Crippen molar-refractivity contribution in [3.63, 3.8) is 0 Å². The summed E-state index contributed by atoms with van der Waals surface area (Å²) in [6, 6.07) is 31.3. The summed E-state index contributed by atoms with van der Waals surface area (Å²) in [6.45, 7) is 6.08. The molecule has 0 spiro atoms. The average molecular weight is 473 g/mol. The largest absolute Gasteiger partial charge is 0.354 e. The summed E-state index contributed by atoms with van der Waals surface area (Å²) in [7, 11) is 0. The molecule has 0 bridgehead atoms. The predicted molar refractivity (Wildman–Crippen MR) is 162 cm³/mol. The highest BCUT2D eigenvalue weighted by molar-refractivity contribution is 6.30. The number of hydrogen-bond acceptors (Lipinski definition) is 0. The monoisotopic (exact) mass is 472 g/mol. The van der Waals surface area contributed by atoms with Gasteiger partial charge in [-0.1, -0.05) is 73.3 Å². The predicted octanol–water partition coefficient (Wildman–Crippen LogP) is 10.1. The van der Waals surface area contributed by atoms with Gasteiger partial charge in [-0.2, -0.15) is 0 Å². The fourth-order valence-electron chi connectivity index (χ4n) is 6.30. The molecular formula is C35H24N2. The van der Waals surface area contributed by atoms with E-state index in [1.807, 2.05) is 6.08 Å². The molecule has 6 aromatic carbocycles. The maximum absolute atomic E-state index is 4.03. The van der Waals surface area contributed by atoms with E-state index < -0.39 is 0 Å². The van der Waals surface area contributed by atoms with Crippen molar-refractivity contribution in [3.05, 3.63) is 109 Å². The minimum atomic E-state index is 1.14. The van der Waals surface area contributed by atoms with E-state index in [1.54, 1.807) is 0 Å². The summed E-state index contributed by atoms with van der Waals surface area (Å²) in [5, 5.41) is 12.8. The molecule has 0 aliphatic heterocycles. The summed E-state index contributed by atoms with van der Waals surface area (Å²) >= 11 is 0. The lowest BCUT2D eigenvalue weighted by atomic mass is 9.94. The zero-order valence-corrected chi connectivity index (χ0v) is 20.5. The molecule has 37 heavy (non-hydrogen) atoms. The van der Waals surface area contributed by atoms with Gasteiger partial charge in [0.15, 0.2) is 0 Å². The van der Waals surface area contributed by atoms with Crippen molar-refractivity contribution in [3.8, 4) is 0 Å². The molecule has 2 aromatic heterocycles. The molecule has 0 atom stereocenters. The van der Waals surface area contributed by atoms with E-state index in [4.69, 9.17) is 0 Å². The molecule has 0 fully saturated rings. The molecule has 0 aliphatic carbocycles. The van der Waals surface area contributed by atoms with Gasteiger partial charge in [0, 0.05) is 43.6 Å². The Hall–Kier alpha value is -4.82. The highest BCUT2D eigenvalue weighted by atomic mass is 14.7. The highest BCUT2D eigenvalue weighted by Crippen LogP contribution is 2.40. The highest BCUT2D eigenvalue weighted by Gasteiger charge is 2.15. The van der Waals surface area contributed by atoms with Crippen LogP contribution in [-0.2, 0) is 0 Å². The minimum absolute atomic E-state index is 1.14. The summed E-state index contributed by atoms with van der Waals surface area (Å²) in [4.78, 5) is 7.32. The Balaban J connectivity index is 1.49. The Bertz CT molecular complexity index is 2270. The molecule has 2 heterocycles. The van der Waals surface area contributed by atoms with Crippen molar-refractivity contribution in [2.75, 3.05) is 0 Å². The number of benzene rings is 6. The number of aromatic nitrogens is 2. The van der Waals surface area contributed by atoms with Gasteiger partial charge in [-0.25, -0.2) is 0 Å². The molecule has 8 rings (SSSR count). The van der Waals surface area contributed by atoms with Gasteiger partial charge in [0.1, 0.15) is 0 Å². The van der Waals surface area contributed by atoms with Crippen LogP contribution in [0, 0.1) is 0 Å². The average Bonchev–Trinajstić information content (AvgIpc) is 3.48. The second-order valence-electron chi connectivity index (χ2n) is 9.96. The second-order valence-corrected chi connectivity index (χ2v) is 9.96. The third-order valence-electron chi connectivity index (χ3n) is 7.95. The van der Waals surface area contributed by atoms with Gasteiger partial charge in [-0.05, 0) is 86.8 Å². The summed E-state index contributed by atoms with van der Waals surface area (Å²) in [6.07, 6.45) is 6.18. The topological polar surface area (TPSA) is 31.6 Å². The van der Waals surface area contributed by atoms with Gasteiger partial charge < -0.3 is 9.97 Å². The van der Waals surface area contributed by atoms with Crippen LogP contribution in [0.4, 0.5) is 0 Å². The number of aromatic amines is 2. The summed E-state index contributed by atoms with van der Waals surface area (Å²) in [5.74, 6) is 0. The van der Waals surface area contributed by atoms with Gasteiger partial charge in [-0.3, -0.25) is 0 Å². The van der Waals surface area contributed by atoms with E-state index in [9.17, 15) is 0 Å². The van der Waals surface area contributed by atoms with Crippen molar-refractivity contribution < 1.29 is 0 Å². The van der Waals surface area contributed by atoms with Crippen LogP contribution in [0.2, 0.25) is 0 Å². The normalized spacial score (nSPS) is 12.5. The lowest BCUT2D eigenvalue weighted by Gasteiger charge is -2.08. The molecule has 2 heteroatoms. The Labute approximate surface area is 213 Å². The van der Waals surface area contributed by atoms with Crippen LogP contribution in [0.1, 0.15) is 18.1 Å². The molecule has 0 saturated carbocycles. The van der Waals surface area contributed by atoms with Crippen LogP contribution in [0.3, 0.4) is 0 Å². The third-order valence-corrected chi connectivity index (χ3v) is 7.95. The van der Waals surface area contributed by atoms with Crippen molar-refractivity contribution >= 4 is 88.1 Å². The Kier molecular flexibility index (Phi) is 4.05. The maximum Gasteiger partial charge on any atom is 0.0471 e. The van der Waals surface area contributed by atoms with Gasteiger partial charge in [0.05, 0.1) is 0 Å². The lowest BCUT2D eigenvalue weighted by molar-refractivity contribution is 1.54. The molecule has 0 saturated heterocycles. The zero-order chi connectivity index (χ0) is 24.7. The Morgan fingerprint density at radius 3 is 1.73 bits per heavy atom. The van der Waals surface area contributed by atoms with E-state index in [-0.39, 0.29) is 0 Å². The van der Waals surface area contributed by atoms with Crippen LogP contribution in [-0.4, -0.2) is 9.97 Å². The van der Waals surface area contributed by atoms with E-state index in [0.29, 0.717) is 0 Å². The molecule has 2 nitrogen and oxygen atoms in total. The minimum Gasteiger partial charge on any atom is -0.354 e. The van der Waals surface area contributed by atoms with Crippen molar-refractivity contribution in [2.45, 2.75) is 6.92 Å². The summed E-state index contributed by atoms with van der Waals surface area (Å²) in [5.41, 5.74) is 7.00. The molecule has 2 N–H and O–H groups in total. The van der Waals surface area contributed by atoms with Crippen molar-refractivity contribution in [2.24, 2.45) is 0 Å². The Morgan fingerprint density at radius 1 is 0.541 bits per heavy atom. The van der Waals surface area contributed by atoms with Crippen LogP contribution in [0.25, 0.3) is 88.1 Å². The fourth-order valence-corrected chi connectivity index (χ4v) is 6.30. The molecule has 8 aromatic rings. The summed E-state index contributed by atoms with van der Waals surface area (Å²) < 4.78 is 0. The molecule has 0 amide bonds. The number of H-pyrrole nitrogens is 2. The molecular weight excluding hydrogens is 448 g/mol. The second kappa shape index (κ2) is 7.35. The third kappa shape index (κ3) is 2.75. The number of hydrogen-bond donors (Lipinski definition) is 2. The van der Waals surface area contributed by atoms with Gasteiger partial charge in [0.25, 0.3) is 0 Å². The fraction of sp³-hybridized carbons (Fsp3) is 0.0286. The van der Waals surface area contributed by atoms with E-state index in [2.05, 4.69) is 121 Å². The molecule has 0 unspecified atom stereocenters. The first-order valence-corrected chi connectivity index (χ1v) is 12.8. The first-order valence-electron chi connectivity index (χ1n) is 12.8. The van der Waals surface area contributed by atoms with Gasteiger partial charge in [0.2, 0.25) is 0 Å². The first-order chi connectivity index (χ1) is 18.2. The van der Waals surface area contributed by atoms with Gasteiger partial charge >= 0.3 is 0 Å². The SMILES string of the molecule is C=Cc1cc2[nH]c3ccc4c5ccc6[nH]c7cc8ccccc8cc7c6c5ccc4c3c2cc1/C=C\C. The van der Waals surface area contributed by atoms with Crippen LogP contribution < -0.4 is 0 Å². The number of allylic oxidation sites excluding steroid dienone is 1. The van der Waals surface area contributed by atoms with Crippen molar-refractivity contribution in [1.29, 1.82) is 0 Å². The smallest absolute Gasteiger partial charge is 0.0471 e.